The van der Waals surface area contributed by atoms with Crippen LogP contribution in [-0.4, -0.2) is 29.7 Å². The SMILES string of the molecule is CCCCN(C)c1cc(Nc2ccc(OC(C)C)cc2)nc(C)n1. The number of hydrogen-bond donors (Lipinski definition) is 1. The van der Waals surface area contributed by atoms with Crippen molar-refractivity contribution >= 4 is 17.3 Å². The number of hydrogen-bond acceptors (Lipinski definition) is 5. The van der Waals surface area contributed by atoms with E-state index in [1.165, 1.54) is 6.42 Å². The largest absolute Gasteiger partial charge is 0.491 e. The first-order valence-electron chi connectivity index (χ1n) is 8.58. The Kier molecular flexibility index (Phi) is 6.41. The number of anilines is 3. The van der Waals surface area contributed by atoms with Crippen LogP contribution in [0.4, 0.5) is 17.3 Å². The topological polar surface area (TPSA) is 50.3 Å². The van der Waals surface area contributed by atoms with Gasteiger partial charge in [0.25, 0.3) is 0 Å². The molecule has 2 rings (SSSR count). The van der Waals surface area contributed by atoms with Crippen LogP contribution in [0.3, 0.4) is 0 Å². The summed E-state index contributed by atoms with van der Waals surface area (Å²) in [6, 6.07) is 9.90. The molecule has 0 radical (unpaired) electrons. The van der Waals surface area contributed by atoms with Crippen LogP contribution in [0.1, 0.15) is 39.4 Å². The molecule has 0 unspecified atom stereocenters. The van der Waals surface area contributed by atoms with Gasteiger partial charge >= 0.3 is 0 Å². The normalized spacial score (nSPS) is 10.8. The Morgan fingerprint density at radius 2 is 1.88 bits per heavy atom. The van der Waals surface area contributed by atoms with Crippen LogP contribution in [0.25, 0.3) is 0 Å². The summed E-state index contributed by atoms with van der Waals surface area (Å²) in [5.74, 6) is 3.38. The minimum Gasteiger partial charge on any atom is -0.491 e. The lowest BCUT2D eigenvalue weighted by Crippen LogP contribution is -2.20. The Hall–Kier alpha value is -2.30. The second-order valence-electron chi connectivity index (χ2n) is 6.25. The van der Waals surface area contributed by atoms with E-state index in [1.54, 1.807) is 0 Å². The molecule has 0 aliphatic heterocycles. The molecule has 1 N–H and O–H groups in total. The van der Waals surface area contributed by atoms with Gasteiger partial charge in [-0.05, 0) is 51.5 Å². The van der Waals surface area contributed by atoms with Gasteiger partial charge in [-0.2, -0.15) is 0 Å². The maximum Gasteiger partial charge on any atom is 0.136 e. The van der Waals surface area contributed by atoms with E-state index in [0.717, 1.165) is 41.9 Å². The molecule has 0 atom stereocenters. The van der Waals surface area contributed by atoms with Crippen molar-refractivity contribution < 1.29 is 4.74 Å². The first-order chi connectivity index (χ1) is 11.5. The highest BCUT2D eigenvalue weighted by molar-refractivity contribution is 5.60. The zero-order valence-corrected chi connectivity index (χ0v) is 15.3. The van der Waals surface area contributed by atoms with Crippen LogP contribution < -0.4 is 15.0 Å². The van der Waals surface area contributed by atoms with Gasteiger partial charge in [0.1, 0.15) is 23.2 Å². The first kappa shape index (κ1) is 18.0. The van der Waals surface area contributed by atoms with Gasteiger partial charge in [0, 0.05) is 25.3 Å². The quantitative estimate of drug-likeness (QED) is 0.770. The summed E-state index contributed by atoms with van der Waals surface area (Å²) in [5.41, 5.74) is 0.978. The van der Waals surface area contributed by atoms with Crippen LogP contribution in [0, 0.1) is 6.92 Å². The van der Waals surface area contributed by atoms with E-state index in [2.05, 4.69) is 34.2 Å². The average molecular weight is 328 g/mol. The van der Waals surface area contributed by atoms with E-state index in [0.29, 0.717) is 0 Å². The predicted octanol–water partition coefficient (Wildman–Crippen LogP) is 4.55. The molecule has 0 fully saturated rings. The zero-order valence-electron chi connectivity index (χ0n) is 15.3. The van der Waals surface area contributed by atoms with Crippen LogP contribution in [0.15, 0.2) is 30.3 Å². The van der Waals surface area contributed by atoms with Crippen molar-refractivity contribution in [3.05, 3.63) is 36.2 Å². The number of nitrogens with one attached hydrogen (secondary N) is 1. The molecule has 0 spiro atoms. The third-order valence-electron chi connectivity index (χ3n) is 3.56. The van der Waals surface area contributed by atoms with E-state index in [4.69, 9.17) is 4.74 Å². The van der Waals surface area contributed by atoms with E-state index >= 15 is 0 Å². The molecular weight excluding hydrogens is 300 g/mol. The monoisotopic (exact) mass is 328 g/mol. The van der Waals surface area contributed by atoms with Gasteiger partial charge in [0.2, 0.25) is 0 Å². The highest BCUT2D eigenvalue weighted by atomic mass is 16.5. The van der Waals surface area contributed by atoms with E-state index in [1.807, 2.05) is 51.1 Å². The molecule has 0 aliphatic rings. The summed E-state index contributed by atoms with van der Waals surface area (Å²) in [5, 5.41) is 3.34. The fourth-order valence-corrected chi connectivity index (χ4v) is 2.36. The van der Waals surface area contributed by atoms with Gasteiger partial charge < -0.3 is 15.0 Å². The molecule has 0 saturated carbocycles. The lowest BCUT2D eigenvalue weighted by atomic mass is 10.3. The molecular formula is C19H28N4O. The van der Waals surface area contributed by atoms with E-state index < -0.39 is 0 Å². The molecule has 5 heteroatoms. The van der Waals surface area contributed by atoms with Crippen LogP contribution in [0.2, 0.25) is 0 Å². The van der Waals surface area contributed by atoms with Gasteiger partial charge in [-0.25, -0.2) is 9.97 Å². The molecule has 1 aromatic heterocycles. The number of nitrogens with zero attached hydrogens (tertiary/aromatic N) is 3. The van der Waals surface area contributed by atoms with E-state index in [-0.39, 0.29) is 6.10 Å². The second-order valence-corrected chi connectivity index (χ2v) is 6.25. The second kappa shape index (κ2) is 8.52. The molecule has 0 aliphatic carbocycles. The van der Waals surface area contributed by atoms with Gasteiger partial charge in [0.15, 0.2) is 0 Å². The Balaban J connectivity index is 2.10. The van der Waals surface area contributed by atoms with Crippen LogP contribution in [-0.2, 0) is 0 Å². The van der Waals surface area contributed by atoms with Crippen molar-refractivity contribution in [1.82, 2.24) is 9.97 Å². The zero-order chi connectivity index (χ0) is 17.5. The number of aryl methyl sites for hydroxylation is 1. The average Bonchev–Trinajstić information content (AvgIpc) is 2.53. The standard InChI is InChI=1S/C19H28N4O/c1-6-7-12-23(5)19-13-18(20-15(4)21-19)22-16-8-10-17(11-9-16)24-14(2)3/h8-11,13-14H,6-7,12H2,1-5H3,(H,20,21,22). The Morgan fingerprint density at radius 1 is 1.17 bits per heavy atom. The molecule has 1 aromatic carbocycles. The summed E-state index contributed by atoms with van der Waals surface area (Å²) in [6.45, 7) is 9.15. The lowest BCUT2D eigenvalue weighted by Gasteiger charge is -2.19. The summed E-state index contributed by atoms with van der Waals surface area (Å²) in [4.78, 5) is 11.2. The smallest absolute Gasteiger partial charge is 0.136 e. The minimum absolute atomic E-state index is 0.175. The highest BCUT2D eigenvalue weighted by Gasteiger charge is 2.07. The molecule has 0 amide bonds. The number of rotatable bonds is 8. The molecule has 1 heterocycles. The molecule has 0 saturated heterocycles. The lowest BCUT2D eigenvalue weighted by molar-refractivity contribution is 0.242. The van der Waals surface area contributed by atoms with Crippen molar-refractivity contribution in [3.63, 3.8) is 0 Å². The predicted molar refractivity (Wildman–Crippen MR) is 100 cm³/mol. The van der Waals surface area contributed by atoms with Gasteiger partial charge in [-0.15, -0.1) is 0 Å². The first-order valence-corrected chi connectivity index (χ1v) is 8.58. The van der Waals surface area contributed by atoms with Gasteiger partial charge in [0.05, 0.1) is 6.10 Å². The summed E-state index contributed by atoms with van der Waals surface area (Å²) in [7, 11) is 2.07. The summed E-state index contributed by atoms with van der Waals surface area (Å²) in [6.07, 6.45) is 2.50. The van der Waals surface area contributed by atoms with Crippen LogP contribution in [0.5, 0.6) is 5.75 Å². The highest BCUT2D eigenvalue weighted by Crippen LogP contribution is 2.22. The molecule has 2 aromatic rings. The molecule has 130 valence electrons. The van der Waals surface area contributed by atoms with Crippen molar-refractivity contribution in [2.24, 2.45) is 0 Å². The van der Waals surface area contributed by atoms with Crippen molar-refractivity contribution in [2.45, 2.75) is 46.6 Å². The number of unbranched alkanes of at least 4 members (excludes halogenated alkanes) is 1. The van der Waals surface area contributed by atoms with E-state index in [9.17, 15) is 0 Å². The fraction of sp³-hybridized carbons (Fsp3) is 0.474. The summed E-state index contributed by atoms with van der Waals surface area (Å²) < 4.78 is 5.67. The molecule has 0 bridgehead atoms. The van der Waals surface area contributed by atoms with Crippen molar-refractivity contribution in [1.29, 1.82) is 0 Å². The third-order valence-corrected chi connectivity index (χ3v) is 3.56. The number of ether oxygens (including phenoxy) is 1. The molecule has 24 heavy (non-hydrogen) atoms. The van der Waals surface area contributed by atoms with Crippen molar-refractivity contribution in [3.8, 4) is 5.75 Å². The third kappa shape index (κ3) is 5.41. The van der Waals surface area contributed by atoms with Gasteiger partial charge in [-0.1, -0.05) is 13.3 Å². The maximum absolute atomic E-state index is 5.67. The Bertz CT molecular complexity index is 640. The number of aromatic nitrogens is 2. The minimum atomic E-state index is 0.175. The number of benzene rings is 1. The van der Waals surface area contributed by atoms with Gasteiger partial charge in [-0.3, -0.25) is 0 Å². The van der Waals surface area contributed by atoms with Crippen molar-refractivity contribution in [2.75, 3.05) is 23.8 Å². The molecule has 5 nitrogen and oxygen atoms in total. The summed E-state index contributed by atoms with van der Waals surface area (Å²) >= 11 is 0. The fourth-order valence-electron chi connectivity index (χ4n) is 2.36. The Morgan fingerprint density at radius 3 is 2.50 bits per heavy atom. The maximum atomic E-state index is 5.67. The Labute approximate surface area is 145 Å². The van der Waals surface area contributed by atoms with Crippen LogP contribution >= 0.6 is 0 Å².